The molecular weight excluding hydrogens is 457 g/mol. The minimum atomic E-state index is -0.510. The molecule has 0 fully saturated rings. The summed E-state index contributed by atoms with van der Waals surface area (Å²) < 4.78 is 21.3. The molecule has 0 bridgehead atoms. The fourth-order valence-electron chi connectivity index (χ4n) is 2.73. The van der Waals surface area contributed by atoms with Crippen LogP contribution in [0.2, 0.25) is 0 Å². The lowest BCUT2D eigenvalue weighted by Crippen LogP contribution is -2.27. The van der Waals surface area contributed by atoms with Crippen LogP contribution in [-0.4, -0.2) is 37.6 Å². The highest BCUT2D eigenvalue weighted by molar-refractivity contribution is 9.10. The van der Waals surface area contributed by atoms with Gasteiger partial charge in [-0.3, -0.25) is 9.48 Å². The van der Waals surface area contributed by atoms with Crippen molar-refractivity contribution in [3.63, 3.8) is 0 Å². The van der Waals surface area contributed by atoms with E-state index in [0.29, 0.717) is 21.6 Å². The number of ether oxygens (including phenoxy) is 1. The van der Waals surface area contributed by atoms with Crippen LogP contribution in [-0.2, 0) is 20.2 Å². The molecule has 0 atom stereocenters. The van der Waals surface area contributed by atoms with Gasteiger partial charge in [-0.1, -0.05) is 0 Å². The molecule has 154 valence electrons. The molecule has 0 aliphatic carbocycles. The van der Waals surface area contributed by atoms with Crippen molar-refractivity contribution >= 4 is 27.7 Å². The number of anilines is 1. The third-order valence-corrected chi connectivity index (χ3v) is 4.57. The smallest absolute Gasteiger partial charge is 0.258 e. The molecule has 2 N–H and O–H groups in total. The van der Waals surface area contributed by atoms with Gasteiger partial charge in [-0.2, -0.15) is 10.4 Å². The second-order valence-corrected chi connectivity index (χ2v) is 7.20. The number of benzene rings is 1. The summed E-state index contributed by atoms with van der Waals surface area (Å²) in [6.07, 6.45) is 1.42. The van der Waals surface area contributed by atoms with Gasteiger partial charge in [0.25, 0.3) is 11.8 Å². The van der Waals surface area contributed by atoms with Crippen LogP contribution in [0, 0.1) is 17.1 Å². The number of amides is 1. The summed E-state index contributed by atoms with van der Waals surface area (Å²) in [5.74, 6) is -0.725. The third kappa shape index (κ3) is 4.72. The maximum Gasteiger partial charge on any atom is 0.258 e. The fourth-order valence-corrected chi connectivity index (χ4v) is 3.00. The van der Waals surface area contributed by atoms with Gasteiger partial charge in [-0.25, -0.2) is 14.4 Å². The van der Waals surface area contributed by atoms with E-state index in [-0.39, 0.29) is 36.3 Å². The van der Waals surface area contributed by atoms with Crippen molar-refractivity contribution in [1.29, 1.82) is 5.26 Å². The highest BCUT2D eigenvalue weighted by atomic mass is 79.9. The first kappa shape index (κ1) is 21.2. The molecule has 0 aliphatic rings. The molecule has 30 heavy (non-hydrogen) atoms. The lowest BCUT2D eigenvalue weighted by Gasteiger charge is -2.18. The van der Waals surface area contributed by atoms with Crippen LogP contribution in [0.25, 0.3) is 0 Å². The lowest BCUT2D eigenvalue weighted by molar-refractivity contribution is 0.0780. The Morgan fingerprint density at radius 1 is 1.43 bits per heavy atom. The molecule has 0 unspecified atom stereocenters. The van der Waals surface area contributed by atoms with E-state index in [1.165, 1.54) is 34.0 Å². The zero-order chi connectivity index (χ0) is 21.8. The lowest BCUT2D eigenvalue weighted by atomic mass is 10.1. The first-order chi connectivity index (χ1) is 14.3. The Morgan fingerprint density at radius 2 is 2.20 bits per heavy atom. The molecule has 2 aromatic heterocycles. The van der Waals surface area contributed by atoms with Crippen molar-refractivity contribution in [3.8, 4) is 11.9 Å². The zero-order valence-electron chi connectivity index (χ0n) is 16.1. The number of aromatic nitrogens is 4. The molecule has 2 heterocycles. The zero-order valence-corrected chi connectivity index (χ0v) is 17.7. The van der Waals surface area contributed by atoms with E-state index >= 15 is 0 Å². The average Bonchev–Trinajstić information content (AvgIpc) is 3.07. The summed E-state index contributed by atoms with van der Waals surface area (Å²) in [5, 5.41) is 13.3. The number of nitrogens with two attached hydrogens (primary N) is 1. The molecule has 0 saturated heterocycles. The van der Waals surface area contributed by atoms with E-state index in [1.807, 2.05) is 6.07 Å². The molecule has 0 radical (unpaired) electrons. The molecule has 9 nitrogen and oxygen atoms in total. The summed E-state index contributed by atoms with van der Waals surface area (Å²) in [5.41, 5.74) is 7.27. The summed E-state index contributed by atoms with van der Waals surface area (Å²) in [6.45, 7) is 0.0419. The predicted octanol–water partition coefficient (Wildman–Crippen LogP) is 2.42. The predicted molar refractivity (Wildman–Crippen MR) is 109 cm³/mol. The normalized spacial score (nSPS) is 10.5. The molecule has 3 rings (SSSR count). The number of aryl methyl sites for hydroxylation is 1. The topological polar surface area (TPSA) is 123 Å². The molecule has 3 aromatic rings. The van der Waals surface area contributed by atoms with Gasteiger partial charge in [0.2, 0.25) is 0 Å². The van der Waals surface area contributed by atoms with Crippen LogP contribution in [0.1, 0.15) is 27.3 Å². The van der Waals surface area contributed by atoms with Crippen molar-refractivity contribution in [2.45, 2.75) is 13.2 Å². The van der Waals surface area contributed by atoms with Crippen molar-refractivity contribution < 1.29 is 13.9 Å². The monoisotopic (exact) mass is 473 g/mol. The van der Waals surface area contributed by atoms with Gasteiger partial charge in [0, 0.05) is 25.2 Å². The van der Waals surface area contributed by atoms with Gasteiger partial charge >= 0.3 is 0 Å². The van der Waals surface area contributed by atoms with Gasteiger partial charge in [0.15, 0.2) is 5.82 Å². The van der Waals surface area contributed by atoms with E-state index in [1.54, 1.807) is 20.2 Å². The van der Waals surface area contributed by atoms with Crippen LogP contribution < -0.4 is 10.5 Å². The minimum absolute atomic E-state index is 0.0675. The number of carbonyl (C=O) groups is 1. The van der Waals surface area contributed by atoms with Gasteiger partial charge in [-0.05, 0) is 40.2 Å². The van der Waals surface area contributed by atoms with Crippen molar-refractivity contribution in [2.75, 3.05) is 12.8 Å². The number of nitrogen functional groups attached to an aromatic ring is 1. The third-order valence-electron chi connectivity index (χ3n) is 4.19. The summed E-state index contributed by atoms with van der Waals surface area (Å²) in [7, 11) is 3.24. The van der Waals surface area contributed by atoms with E-state index in [2.05, 4.69) is 31.0 Å². The van der Waals surface area contributed by atoms with Gasteiger partial charge in [-0.15, -0.1) is 0 Å². The highest BCUT2D eigenvalue weighted by Crippen LogP contribution is 2.22. The van der Waals surface area contributed by atoms with E-state index in [4.69, 9.17) is 15.7 Å². The molecule has 0 spiro atoms. The second-order valence-electron chi connectivity index (χ2n) is 6.39. The molecular formula is C19H17BrFN7O2. The number of nitriles is 1. The molecule has 0 saturated carbocycles. The van der Waals surface area contributed by atoms with E-state index in [0.717, 1.165) is 0 Å². The Labute approximate surface area is 180 Å². The number of rotatable bonds is 6. The standard InChI is InChI=1S/C19H17BrFN7O2/c1-27(9-13-6-14(7-22)28(2)26-13)19(29)15-4-3-12(21)5-11(15)10-30-18-17(23)24-8-16(20)25-18/h3-6,8H,9-10H2,1-2H3,(H2,23,24). The molecule has 11 heteroatoms. The van der Waals surface area contributed by atoms with E-state index in [9.17, 15) is 9.18 Å². The Morgan fingerprint density at radius 3 is 2.90 bits per heavy atom. The Balaban J connectivity index is 1.80. The maximum atomic E-state index is 13.8. The van der Waals surface area contributed by atoms with Gasteiger partial charge in [0.05, 0.1) is 18.4 Å². The number of carbonyl (C=O) groups excluding carboxylic acids is 1. The second kappa shape index (κ2) is 8.87. The Kier molecular flexibility index (Phi) is 6.27. The molecule has 0 aliphatic heterocycles. The van der Waals surface area contributed by atoms with Crippen LogP contribution in [0.15, 0.2) is 35.1 Å². The SMILES string of the molecule is CN(Cc1cc(C#N)n(C)n1)C(=O)c1ccc(F)cc1COc1nc(Br)cnc1N. The van der Waals surface area contributed by atoms with E-state index < -0.39 is 5.82 Å². The summed E-state index contributed by atoms with van der Waals surface area (Å²) >= 11 is 3.18. The van der Waals surface area contributed by atoms with Crippen LogP contribution in [0.5, 0.6) is 5.88 Å². The maximum absolute atomic E-state index is 13.8. The number of hydrogen-bond donors (Lipinski definition) is 1. The first-order valence-electron chi connectivity index (χ1n) is 8.66. The van der Waals surface area contributed by atoms with Crippen LogP contribution in [0.4, 0.5) is 10.2 Å². The van der Waals surface area contributed by atoms with Gasteiger partial charge in [0.1, 0.15) is 28.8 Å². The number of halogens is 2. The summed E-state index contributed by atoms with van der Waals surface area (Å²) in [6, 6.07) is 7.44. The first-order valence-corrected chi connectivity index (χ1v) is 9.45. The number of hydrogen-bond acceptors (Lipinski definition) is 7. The average molecular weight is 474 g/mol. The largest absolute Gasteiger partial charge is 0.470 e. The van der Waals surface area contributed by atoms with Crippen molar-refractivity contribution in [3.05, 3.63) is 63.4 Å². The molecule has 1 amide bonds. The summed E-state index contributed by atoms with van der Waals surface area (Å²) in [4.78, 5) is 22.4. The minimum Gasteiger partial charge on any atom is -0.470 e. The Hall–Kier alpha value is -3.52. The van der Waals surface area contributed by atoms with Gasteiger partial charge < -0.3 is 15.4 Å². The number of nitrogens with zero attached hydrogens (tertiary/aromatic N) is 6. The Bertz CT molecular complexity index is 1140. The van der Waals surface area contributed by atoms with Crippen molar-refractivity contribution in [2.24, 2.45) is 7.05 Å². The van der Waals surface area contributed by atoms with Crippen LogP contribution in [0.3, 0.4) is 0 Å². The highest BCUT2D eigenvalue weighted by Gasteiger charge is 2.19. The van der Waals surface area contributed by atoms with Crippen molar-refractivity contribution in [1.82, 2.24) is 24.6 Å². The fraction of sp³-hybridized carbons (Fsp3) is 0.211. The van der Waals surface area contributed by atoms with Crippen LogP contribution >= 0.6 is 15.9 Å². The quantitative estimate of drug-likeness (QED) is 0.582. The molecule has 1 aromatic carbocycles.